The normalized spacial score (nSPS) is 6.85. The molecule has 0 bridgehead atoms. The summed E-state index contributed by atoms with van der Waals surface area (Å²) in [6, 6.07) is 0. The van der Waals surface area contributed by atoms with Crippen molar-refractivity contribution in [3.63, 3.8) is 0 Å². The quantitative estimate of drug-likeness (QED) is 0.270. The molecule has 0 saturated heterocycles. The topological polar surface area (TPSA) is 142 Å². The van der Waals surface area contributed by atoms with Crippen molar-refractivity contribution >= 4 is 11.9 Å². The first-order valence-electron chi connectivity index (χ1n) is 3.18. The number of carboxylic acid groups (broad SMARTS) is 1. The summed E-state index contributed by atoms with van der Waals surface area (Å²) in [7, 11) is 0. The van der Waals surface area contributed by atoms with Crippen LogP contribution in [0.5, 0.6) is 0 Å². The average Bonchev–Trinajstić information content (AvgIpc) is 2.35. The smallest absolute Gasteiger partial charge is 0.300 e. The third-order valence-electron chi connectivity index (χ3n) is 0.406. The van der Waals surface area contributed by atoms with E-state index in [1.54, 1.807) is 18.7 Å². The van der Waals surface area contributed by atoms with Gasteiger partial charge >= 0.3 is 0 Å². The number of aliphatic carboxylic acids is 1. The molecule has 7 heteroatoms. The van der Waals surface area contributed by atoms with E-state index < -0.39 is 5.97 Å². The van der Waals surface area contributed by atoms with Crippen LogP contribution in [0.25, 0.3) is 0 Å². The van der Waals surface area contributed by atoms with Crippen LogP contribution in [0, 0.1) is 5.41 Å². The van der Waals surface area contributed by atoms with Gasteiger partial charge in [-0.1, -0.05) is 0 Å². The van der Waals surface area contributed by atoms with Gasteiger partial charge in [-0.2, -0.15) is 0 Å². The molecule has 7 N–H and O–H groups in total. The second kappa shape index (κ2) is 9.95. The number of guanidine groups is 1. The molecule has 1 heterocycles. The Morgan fingerprint density at radius 1 is 1.62 bits per heavy atom. The number of carboxylic acids is 1. The number of hydrogen-bond donors (Lipinski definition) is 5. The van der Waals surface area contributed by atoms with E-state index in [1.165, 1.54) is 0 Å². The molecule has 1 rings (SSSR count). The molecule has 7 nitrogen and oxygen atoms in total. The molecule has 0 aliphatic heterocycles. The lowest BCUT2D eigenvalue weighted by Gasteiger charge is -1.69. The Kier molecular flexibility index (Phi) is 10.4. The average molecular weight is 187 g/mol. The summed E-state index contributed by atoms with van der Waals surface area (Å²) in [4.78, 5) is 15.4. The van der Waals surface area contributed by atoms with Gasteiger partial charge in [0.1, 0.15) is 0 Å². The molecule has 0 saturated carbocycles. The largest absolute Gasteiger partial charge is 0.481 e. The zero-order valence-corrected chi connectivity index (χ0v) is 7.19. The highest BCUT2D eigenvalue weighted by Crippen LogP contribution is 1.62. The van der Waals surface area contributed by atoms with Crippen molar-refractivity contribution in [1.82, 2.24) is 9.97 Å². The molecule has 0 aliphatic rings. The maximum absolute atomic E-state index is 9.00. The van der Waals surface area contributed by atoms with Gasteiger partial charge in [-0.05, 0) is 0 Å². The second-order valence-electron chi connectivity index (χ2n) is 1.73. The van der Waals surface area contributed by atoms with Crippen LogP contribution in [0.1, 0.15) is 6.92 Å². The van der Waals surface area contributed by atoms with Gasteiger partial charge < -0.3 is 21.6 Å². The fourth-order valence-corrected chi connectivity index (χ4v) is 0.215. The van der Waals surface area contributed by atoms with E-state index in [2.05, 4.69) is 21.4 Å². The zero-order chi connectivity index (χ0) is 10.7. The fraction of sp³-hybridized carbons (Fsp3) is 0.167. The van der Waals surface area contributed by atoms with Crippen molar-refractivity contribution < 1.29 is 9.90 Å². The molecule has 0 spiro atoms. The van der Waals surface area contributed by atoms with E-state index in [-0.39, 0.29) is 5.96 Å². The van der Waals surface area contributed by atoms with E-state index >= 15 is 0 Å². The summed E-state index contributed by atoms with van der Waals surface area (Å²) in [5.74, 6) is -1.17. The van der Waals surface area contributed by atoms with Crippen LogP contribution in [-0.4, -0.2) is 27.0 Å². The predicted molar refractivity (Wildman–Crippen MR) is 48.0 cm³/mol. The SMILES string of the molecule is CC(=O)O.N=C(N)N.c1c[nH]cn1. The Morgan fingerprint density at radius 2 is 2.00 bits per heavy atom. The number of nitrogens with one attached hydrogen (secondary N) is 2. The number of imidazole rings is 1. The molecule has 0 atom stereocenters. The Bertz CT molecular complexity index is 184. The van der Waals surface area contributed by atoms with Crippen molar-refractivity contribution in [3.8, 4) is 0 Å². The van der Waals surface area contributed by atoms with E-state index in [9.17, 15) is 0 Å². The highest BCUT2D eigenvalue weighted by atomic mass is 16.4. The lowest BCUT2D eigenvalue weighted by atomic mass is 10.9. The summed E-state index contributed by atoms with van der Waals surface area (Å²) in [5.41, 5.74) is 8.94. The summed E-state index contributed by atoms with van der Waals surface area (Å²) in [6.07, 6.45) is 5.08. The van der Waals surface area contributed by atoms with Gasteiger partial charge in [-0.15, -0.1) is 0 Å². The van der Waals surface area contributed by atoms with E-state index in [0.29, 0.717) is 0 Å². The highest BCUT2D eigenvalue weighted by Gasteiger charge is 1.65. The molecule has 74 valence electrons. The van der Waals surface area contributed by atoms with Gasteiger partial charge in [-0.3, -0.25) is 10.2 Å². The van der Waals surface area contributed by atoms with Gasteiger partial charge in [0, 0.05) is 19.3 Å². The van der Waals surface area contributed by atoms with Gasteiger partial charge in [0.25, 0.3) is 5.97 Å². The minimum Gasteiger partial charge on any atom is -0.481 e. The van der Waals surface area contributed by atoms with Crippen LogP contribution in [0.15, 0.2) is 18.7 Å². The Morgan fingerprint density at radius 3 is 2.08 bits per heavy atom. The first-order valence-corrected chi connectivity index (χ1v) is 3.18. The lowest BCUT2D eigenvalue weighted by Crippen LogP contribution is -2.20. The van der Waals surface area contributed by atoms with Gasteiger partial charge in [0.15, 0.2) is 5.96 Å². The zero-order valence-electron chi connectivity index (χ0n) is 7.19. The Balaban J connectivity index is 0. The Labute approximate surface area is 75.3 Å². The molecule has 0 aliphatic carbocycles. The van der Waals surface area contributed by atoms with Crippen molar-refractivity contribution in [2.45, 2.75) is 6.92 Å². The number of hydrogen-bond acceptors (Lipinski definition) is 3. The maximum Gasteiger partial charge on any atom is 0.300 e. The van der Waals surface area contributed by atoms with E-state index in [4.69, 9.17) is 15.3 Å². The predicted octanol–water partition coefficient (Wildman–Crippen LogP) is -0.661. The number of H-pyrrole nitrogens is 1. The molecule has 0 aromatic carbocycles. The molecular formula is C6H13N5O2. The summed E-state index contributed by atoms with van der Waals surface area (Å²) in [6.45, 7) is 1.08. The molecule has 13 heavy (non-hydrogen) atoms. The van der Waals surface area contributed by atoms with Crippen LogP contribution in [0.2, 0.25) is 0 Å². The number of nitrogens with zero attached hydrogens (tertiary/aromatic N) is 1. The van der Waals surface area contributed by atoms with Crippen LogP contribution >= 0.6 is 0 Å². The summed E-state index contributed by atoms with van der Waals surface area (Å²) in [5, 5.41) is 13.5. The van der Waals surface area contributed by atoms with Crippen molar-refractivity contribution in [1.29, 1.82) is 5.41 Å². The third-order valence-corrected chi connectivity index (χ3v) is 0.406. The van der Waals surface area contributed by atoms with Crippen LogP contribution in [0.4, 0.5) is 0 Å². The second-order valence-corrected chi connectivity index (χ2v) is 1.73. The molecule has 0 amide bonds. The van der Waals surface area contributed by atoms with Gasteiger partial charge in [0.2, 0.25) is 0 Å². The third kappa shape index (κ3) is 72.3. The van der Waals surface area contributed by atoms with Crippen LogP contribution < -0.4 is 11.5 Å². The van der Waals surface area contributed by atoms with Gasteiger partial charge in [0.05, 0.1) is 6.33 Å². The molecule has 0 fully saturated rings. The number of aromatic amines is 1. The minimum atomic E-state index is -0.833. The minimum absolute atomic E-state index is 0.333. The number of rotatable bonds is 0. The van der Waals surface area contributed by atoms with Gasteiger partial charge in [-0.25, -0.2) is 4.98 Å². The first-order chi connectivity index (χ1) is 5.96. The van der Waals surface area contributed by atoms with Crippen molar-refractivity contribution in [2.75, 3.05) is 0 Å². The molecule has 1 aromatic rings. The monoisotopic (exact) mass is 187 g/mol. The van der Waals surface area contributed by atoms with Crippen LogP contribution in [-0.2, 0) is 4.79 Å². The van der Waals surface area contributed by atoms with Crippen molar-refractivity contribution in [2.24, 2.45) is 11.5 Å². The van der Waals surface area contributed by atoms with Crippen molar-refractivity contribution in [3.05, 3.63) is 18.7 Å². The highest BCUT2D eigenvalue weighted by molar-refractivity contribution is 5.71. The summed E-state index contributed by atoms with van der Waals surface area (Å²) >= 11 is 0. The van der Waals surface area contributed by atoms with E-state index in [0.717, 1.165) is 6.92 Å². The molecule has 1 aromatic heterocycles. The molecule has 0 radical (unpaired) electrons. The summed E-state index contributed by atoms with van der Waals surface area (Å²) < 4.78 is 0. The first kappa shape index (κ1) is 13.5. The lowest BCUT2D eigenvalue weighted by molar-refractivity contribution is -0.134. The number of nitrogens with two attached hydrogens (primary N) is 2. The number of aromatic nitrogens is 2. The number of carbonyl (C=O) groups is 1. The standard InChI is InChI=1S/C3H4N2.C2H4O2.CH5N3/c1-2-5-3-4-1;1-2(3)4;2-1(3)4/h1-3H,(H,4,5);1H3,(H,3,4);(H5,2,3,4). The maximum atomic E-state index is 9.00. The van der Waals surface area contributed by atoms with E-state index in [1.807, 2.05) is 0 Å². The molecule has 0 unspecified atom stereocenters. The van der Waals surface area contributed by atoms with Crippen LogP contribution in [0.3, 0.4) is 0 Å². The molecular weight excluding hydrogens is 174 g/mol. The Hall–Kier alpha value is -2.05. The fourth-order valence-electron chi connectivity index (χ4n) is 0.215.